The van der Waals surface area contributed by atoms with Gasteiger partial charge in [0, 0.05) is 26.2 Å². The first kappa shape index (κ1) is 23.3. The molecular formula is C24H31N3O3. The number of carbonyl (C=O) groups is 2. The van der Waals surface area contributed by atoms with Crippen molar-refractivity contribution >= 4 is 12.0 Å². The van der Waals surface area contributed by atoms with Gasteiger partial charge in [0.2, 0.25) is 0 Å². The maximum absolute atomic E-state index is 13.7. The number of benzene rings is 1. The third-order valence-corrected chi connectivity index (χ3v) is 4.96. The van der Waals surface area contributed by atoms with E-state index in [1.807, 2.05) is 35.2 Å². The quantitative estimate of drug-likeness (QED) is 0.467. The van der Waals surface area contributed by atoms with Crippen LogP contribution in [0.2, 0.25) is 0 Å². The number of ether oxygens (including phenoxy) is 1. The van der Waals surface area contributed by atoms with E-state index in [9.17, 15) is 9.59 Å². The minimum Gasteiger partial charge on any atom is -0.447 e. The molecule has 1 aliphatic heterocycles. The maximum atomic E-state index is 13.7. The zero-order valence-electron chi connectivity index (χ0n) is 17.5. The summed E-state index contributed by atoms with van der Waals surface area (Å²) in [5.41, 5.74) is 0.963. The Kier molecular flexibility index (Phi) is 9.25. The molecule has 0 unspecified atom stereocenters. The van der Waals surface area contributed by atoms with Crippen molar-refractivity contribution in [3.8, 4) is 0 Å². The van der Waals surface area contributed by atoms with Crippen LogP contribution < -0.4 is 0 Å². The van der Waals surface area contributed by atoms with Gasteiger partial charge < -0.3 is 4.74 Å². The largest absolute Gasteiger partial charge is 0.447 e. The van der Waals surface area contributed by atoms with Crippen molar-refractivity contribution in [1.29, 1.82) is 0 Å². The summed E-state index contributed by atoms with van der Waals surface area (Å²) < 4.78 is 5.04. The second kappa shape index (κ2) is 11.9. The van der Waals surface area contributed by atoms with Gasteiger partial charge in [-0.2, -0.15) is 0 Å². The van der Waals surface area contributed by atoms with E-state index in [4.69, 9.17) is 4.74 Å². The van der Waals surface area contributed by atoms with Crippen molar-refractivity contribution in [3.63, 3.8) is 0 Å². The normalized spacial score (nSPS) is 15.5. The number of amides is 2. The van der Waals surface area contributed by atoms with Crippen LogP contribution in [0.5, 0.6) is 0 Å². The molecule has 160 valence electrons. The molecule has 1 fully saturated rings. The Balaban J connectivity index is 2.62. The average Bonchev–Trinajstić information content (AvgIpc) is 3.18. The molecule has 0 aromatic heterocycles. The lowest BCUT2D eigenvalue weighted by Crippen LogP contribution is -2.55. The van der Waals surface area contributed by atoms with Crippen molar-refractivity contribution in [2.45, 2.75) is 12.1 Å². The lowest BCUT2D eigenvalue weighted by atomic mass is 9.94. The molecule has 0 aliphatic carbocycles. The molecule has 1 aliphatic rings. The summed E-state index contributed by atoms with van der Waals surface area (Å²) in [6, 6.07) is 8.81. The molecule has 0 saturated carbocycles. The van der Waals surface area contributed by atoms with E-state index in [0.29, 0.717) is 26.2 Å². The van der Waals surface area contributed by atoms with Crippen LogP contribution in [0.3, 0.4) is 0 Å². The Bertz CT molecular complexity index is 742. The van der Waals surface area contributed by atoms with Gasteiger partial charge in [0.05, 0.1) is 12.6 Å². The molecule has 0 N–H and O–H groups in total. The fraction of sp³-hybridized carbons (Fsp3) is 0.333. The van der Waals surface area contributed by atoms with Crippen LogP contribution in [0.4, 0.5) is 4.79 Å². The number of hydrogen-bond acceptors (Lipinski definition) is 5. The number of cyclic esters (lactones) is 1. The number of hydrogen-bond donors (Lipinski definition) is 0. The fourth-order valence-electron chi connectivity index (χ4n) is 3.75. The van der Waals surface area contributed by atoms with Gasteiger partial charge in [-0.1, -0.05) is 54.6 Å². The monoisotopic (exact) mass is 409 g/mol. The highest BCUT2D eigenvalue weighted by atomic mass is 16.6. The van der Waals surface area contributed by atoms with Crippen molar-refractivity contribution < 1.29 is 14.3 Å². The molecule has 1 aromatic rings. The Labute approximate surface area is 179 Å². The van der Waals surface area contributed by atoms with E-state index in [-0.39, 0.29) is 25.1 Å². The molecule has 1 aromatic carbocycles. The standard InChI is InChI=1S/C24H31N3O3/c1-5-14-25(15-6-2)21(20-12-10-9-11-13-20)22(26(16-7-3)17-8-4)23(28)27-18-19-30-24(27)29/h5-13,21-22H,1-4,14-19H2/t21-,22-/m0/s1. The molecule has 0 spiro atoms. The molecular weight excluding hydrogens is 378 g/mol. The van der Waals surface area contributed by atoms with Gasteiger partial charge in [0.1, 0.15) is 12.6 Å². The Morgan fingerprint density at radius 3 is 1.97 bits per heavy atom. The molecule has 2 amide bonds. The first-order chi connectivity index (χ1) is 14.6. The second-order valence-electron chi connectivity index (χ2n) is 6.97. The van der Waals surface area contributed by atoms with E-state index in [2.05, 4.69) is 31.2 Å². The van der Waals surface area contributed by atoms with Gasteiger partial charge in [-0.05, 0) is 5.56 Å². The number of nitrogens with zero attached hydrogens (tertiary/aromatic N) is 3. The van der Waals surface area contributed by atoms with Crippen LogP contribution in [-0.2, 0) is 9.53 Å². The molecule has 2 atom stereocenters. The summed E-state index contributed by atoms with van der Waals surface area (Å²) in [6.07, 6.45) is 6.50. The fourth-order valence-corrected chi connectivity index (χ4v) is 3.75. The topological polar surface area (TPSA) is 53.1 Å². The highest BCUT2D eigenvalue weighted by Gasteiger charge is 2.42. The first-order valence-corrected chi connectivity index (χ1v) is 10.0. The summed E-state index contributed by atoms with van der Waals surface area (Å²) in [7, 11) is 0. The Hall–Kier alpha value is -2.96. The molecule has 0 radical (unpaired) electrons. The maximum Gasteiger partial charge on any atom is 0.416 e. The Morgan fingerprint density at radius 2 is 1.50 bits per heavy atom. The van der Waals surface area contributed by atoms with Gasteiger partial charge >= 0.3 is 6.09 Å². The number of carbonyl (C=O) groups excluding carboxylic acids is 2. The summed E-state index contributed by atoms with van der Waals surface area (Å²) in [4.78, 5) is 31.2. The van der Waals surface area contributed by atoms with Gasteiger partial charge in [-0.15, -0.1) is 26.3 Å². The van der Waals surface area contributed by atoms with E-state index in [1.165, 1.54) is 4.90 Å². The molecule has 2 rings (SSSR count). The third-order valence-electron chi connectivity index (χ3n) is 4.96. The minimum atomic E-state index is -0.658. The van der Waals surface area contributed by atoms with Crippen LogP contribution in [-0.4, -0.2) is 72.1 Å². The van der Waals surface area contributed by atoms with E-state index in [0.717, 1.165) is 5.56 Å². The smallest absolute Gasteiger partial charge is 0.416 e. The van der Waals surface area contributed by atoms with E-state index < -0.39 is 12.1 Å². The van der Waals surface area contributed by atoms with Crippen LogP contribution in [0.25, 0.3) is 0 Å². The van der Waals surface area contributed by atoms with E-state index in [1.54, 1.807) is 24.3 Å². The average molecular weight is 410 g/mol. The van der Waals surface area contributed by atoms with Crippen LogP contribution >= 0.6 is 0 Å². The summed E-state index contributed by atoms with van der Waals surface area (Å²) in [5, 5.41) is 0. The lowest BCUT2D eigenvalue weighted by Gasteiger charge is -2.41. The number of imide groups is 1. The van der Waals surface area contributed by atoms with Gasteiger partial charge in [0.15, 0.2) is 0 Å². The molecule has 0 bridgehead atoms. The second-order valence-corrected chi connectivity index (χ2v) is 6.97. The highest BCUT2D eigenvalue weighted by molar-refractivity contribution is 5.96. The molecule has 6 nitrogen and oxygen atoms in total. The summed E-state index contributed by atoms with van der Waals surface area (Å²) in [5.74, 6) is -0.298. The highest BCUT2D eigenvalue weighted by Crippen LogP contribution is 2.30. The SMILES string of the molecule is C=CCN(CC=C)[C@H](C(=O)N1CCOC1=O)[C@H](c1ccccc1)N(CC=C)CC=C. The molecule has 1 saturated heterocycles. The third kappa shape index (κ3) is 5.55. The van der Waals surface area contributed by atoms with Gasteiger partial charge in [-0.25, -0.2) is 9.69 Å². The van der Waals surface area contributed by atoms with Gasteiger partial charge in [-0.3, -0.25) is 14.6 Å². The van der Waals surface area contributed by atoms with Crippen molar-refractivity contribution in [1.82, 2.24) is 14.7 Å². The minimum absolute atomic E-state index is 0.208. The van der Waals surface area contributed by atoms with Crippen molar-refractivity contribution in [2.75, 3.05) is 39.3 Å². The molecule has 6 heteroatoms. The van der Waals surface area contributed by atoms with Crippen molar-refractivity contribution in [3.05, 3.63) is 86.5 Å². The molecule has 1 heterocycles. The predicted molar refractivity (Wildman–Crippen MR) is 120 cm³/mol. The van der Waals surface area contributed by atoms with E-state index >= 15 is 0 Å². The van der Waals surface area contributed by atoms with Crippen molar-refractivity contribution in [2.24, 2.45) is 0 Å². The summed E-state index contributed by atoms with van der Waals surface area (Å²) in [6.45, 7) is 17.9. The predicted octanol–water partition coefficient (Wildman–Crippen LogP) is 3.42. The lowest BCUT2D eigenvalue weighted by molar-refractivity contribution is -0.136. The van der Waals surface area contributed by atoms with Gasteiger partial charge in [0.25, 0.3) is 5.91 Å². The summed E-state index contributed by atoms with van der Waals surface area (Å²) >= 11 is 0. The van der Waals surface area contributed by atoms with Crippen LogP contribution in [0, 0.1) is 0 Å². The van der Waals surface area contributed by atoms with Crippen LogP contribution in [0.15, 0.2) is 81.0 Å². The molecule has 30 heavy (non-hydrogen) atoms. The zero-order valence-corrected chi connectivity index (χ0v) is 17.5. The van der Waals surface area contributed by atoms with Crippen LogP contribution in [0.1, 0.15) is 11.6 Å². The number of rotatable bonds is 13. The first-order valence-electron chi connectivity index (χ1n) is 10.0. The zero-order chi connectivity index (χ0) is 21.9. The Morgan fingerprint density at radius 1 is 0.967 bits per heavy atom.